The van der Waals surface area contributed by atoms with Gasteiger partial charge in [0, 0.05) is 37.8 Å². The predicted molar refractivity (Wildman–Crippen MR) is 106 cm³/mol. The van der Waals surface area contributed by atoms with E-state index in [1.54, 1.807) is 6.20 Å². The summed E-state index contributed by atoms with van der Waals surface area (Å²) in [6, 6.07) is 3.83. The van der Waals surface area contributed by atoms with Crippen molar-refractivity contribution < 1.29 is 23.8 Å². The van der Waals surface area contributed by atoms with Crippen molar-refractivity contribution in [3.8, 4) is 5.88 Å². The smallest absolute Gasteiger partial charge is 0.407 e. The van der Waals surface area contributed by atoms with Gasteiger partial charge in [0.2, 0.25) is 11.8 Å². The van der Waals surface area contributed by atoms with Crippen LogP contribution in [0.4, 0.5) is 9.18 Å². The quantitative estimate of drug-likeness (QED) is 0.727. The average molecular weight is 405 g/mol. The van der Waals surface area contributed by atoms with Gasteiger partial charge in [0.05, 0.1) is 6.61 Å². The van der Waals surface area contributed by atoms with Crippen LogP contribution in [0, 0.1) is 11.8 Å². The molecule has 1 saturated heterocycles. The number of amides is 2. The number of allylic oxidation sites excluding steroid dienone is 2. The van der Waals surface area contributed by atoms with Gasteiger partial charge in [0.1, 0.15) is 6.67 Å². The Balaban J connectivity index is 1.45. The third-order valence-corrected chi connectivity index (χ3v) is 5.63. The molecule has 0 spiro atoms. The summed E-state index contributed by atoms with van der Waals surface area (Å²) in [5, 5.41) is 11.6. The Hall–Kier alpha value is -2.64. The fraction of sp³-hybridized carbons (Fsp3) is 0.571. The molecule has 2 N–H and O–H groups in total. The van der Waals surface area contributed by atoms with Crippen molar-refractivity contribution in [2.24, 2.45) is 11.8 Å². The lowest BCUT2D eigenvalue weighted by atomic mass is 9.86. The Kier molecular flexibility index (Phi) is 7.43. The van der Waals surface area contributed by atoms with Crippen molar-refractivity contribution in [2.75, 3.05) is 32.9 Å². The highest BCUT2D eigenvalue weighted by atomic mass is 19.1. The van der Waals surface area contributed by atoms with Crippen LogP contribution < -0.4 is 10.1 Å². The minimum absolute atomic E-state index is 0.0750. The second-order valence-corrected chi connectivity index (χ2v) is 7.59. The first kappa shape index (κ1) is 21.1. The van der Waals surface area contributed by atoms with Crippen LogP contribution in [0.5, 0.6) is 5.88 Å². The van der Waals surface area contributed by atoms with Crippen molar-refractivity contribution in [1.82, 2.24) is 15.2 Å². The molecule has 1 aliphatic carbocycles. The molecule has 1 aromatic heterocycles. The fourth-order valence-electron chi connectivity index (χ4n) is 3.80. The Labute approximate surface area is 169 Å². The van der Waals surface area contributed by atoms with Gasteiger partial charge in [-0.25, -0.2) is 14.2 Å². The van der Waals surface area contributed by atoms with Crippen molar-refractivity contribution in [2.45, 2.75) is 32.1 Å². The molecule has 0 aromatic carbocycles. The van der Waals surface area contributed by atoms with E-state index in [1.165, 1.54) is 10.5 Å². The van der Waals surface area contributed by atoms with Crippen LogP contribution in [0.1, 0.15) is 37.7 Å². The van der Waals surface area contributed by atoms with Crippen LogP contribution in [0.3, 0.4) is 0 Å². The Morgan fingerprint density at radius 1 is 1.28 bits per heavy atom. The van der Waals surface area contributed by atoms with Gasteiger partial charge in [-0.1, -0.05) is 6.08 Å². The third kappa shape index (κ3) is 5.92. The van der Waals surface area contributed by atoms with Crippen LogP contribution in [-0.2, 0) is 4.79 Å². The minimum Gasteiger partial charge on any atom is -0.477 e. The van der Waals surface area contributed by atoms with Gasteiger partial charge in [-0.05, 0) is 55.2 Å². The number of nitrogens with one attached hydrogen (secondary N) is 1. The van der Waals surface area contributed by atoms with E-state index in [9.17, 15) is 14.0 Å². The second kappa shape index (κ2) is 10.2. The van der Waals surface area contributed by atoms with Crippen molar-refractivity contribution in [1.29, 1.82) is 0 Å². The maximum Gasteiger partial charge on any atom is 0.407 e. The number of alkyl halides is 1. The molecule has 0 bridgehead atoms. The lowest BCUT2D eigenvalue weighted by Crippen LogP contribution is -2.38. The van der Waals surface area contributed by atoms with E-state index in [0.717, 1.165) is 31.2 Å². The molecule has 1 atom stereocenters. The molecule has 1 aliphatic heterocycles. The number of carbonyl (C=O) groups excluding carboxylic acids is 1. The first-order valence-electron chi connectivity index (χ1n) is 10.2. The summed E-state index contributed by atoms with van der Waals surface area (Å²) in [5.41, 5.74) is 2.19. The number of pyridine rings is 1. The van der Waals surface area contributed by atoms with Crippen molar-refractivity contribution in [3.63, 3.8) is 0 Å². The highest BCUT2D eigenvalue weighted by molar-refractivity contribution is 5.80. The maximum absolute atomic E-state index is 12.2. The van der Waals surface area contributed by atoms with Crippen LogP contribution >= 0.6 is 0 Å². The average Bonchev–Trinajstić information content (AvgIpc) is 2.77. The van der Waals surface area contributed by atoms with E-state index >= 15 is 0 Å². The number of hydrogen-bond acceptors (Lipinski definition) is 4. The number of nitrogens with zero attached hydrogens (tertiary/aromatic N) is 2. The summed E-state index contributed by atoms with van der Waals surface area (Å²) < 4.78 is 18.0. The Bertz CT molecular complexity index is 730. The summed E-state index contributed by atoms with van der Waals surface area (Å²) in [4.78, 5) is 28.7. The van der Waals surface area contributed by atoms with Crippen molar-refractivity contribution in [3.05, 3.63) is 30.0 Å². The molecular weight excluding hydrogens is 377 g/mol. The molecule has 2 heterocycles. The van der Waals surface area contributed by atoms with Gasteiger partial charge < -0.3 is 20.1 Å². The van der Waals surface area contributed by atoms with Gasteiger partial charge >= 0.3 is 6.09 Å². The van der Waals surface area contributed by atoms with Gasteiger partial charge in [-0.2, -0.15) is 0 Å². The number of piperidine rings is 1. The fourth-order valence-corrected chi connectivity index (χ4v) is 3.80. The SMILES string of the molecule is O=C(NCCF)C1CC=C(c2ccc(OCC3CCN(C(=O)O)CC3)nc2)CC1. The van der Waals surface area contributed by atoms with Crippen LogP contribution in [0.2, 0.25) is 0 Å². The van der Waals surface area contributed by atoms with Crippen LogP contribution in [0.25, 0.3) is 5.57 Å². The molecule has 0 saturated carbocycles. The number of ether oxygens (including phenoxy) is 1. The van der Waals surface area contributed by atoms with Gasteiger partial charge in [0.25, 0.3) is 0 Å². The number of carboxylic acid groups (broad SMARTS) is 1. The van der Waals surface area contributed by atoms with E-state index in [1.807, 2.05) is 12.1 Å². The van der Waals surface area contributed by atoms with Gasteiger partial charge in [-0.15, -0.1) is 0 Å². The van der Waals surface area contributed by atoms with E-state index < -0.39 is 12.8 Å². The zero-order valence-electron chi connectivity index (χ0n) is 16.5. The molecule has 1 unspecified atom stereocenters. The molecule has 1 fully saturated rings. The highest BCUT2D eigenvalue weighted by Crippen LogP contribution is 2.30. The summed E-state index contributed by atoms with van der Waals surface area (Å²) >= 11 is 0. The topological polar surface area (TPSA) is 91.8 Å². The van der Waals surface area contributed by atoms with E-state index in [-0.39, 0.29) is 18.4 Å². The second-order valence-electron chi connectivity index (χ2n) is 7.59. The number of hydrogen-bond donors (Lipinski definition) is 2. The Morgan fingerprint density at radius 2 is 2.07 bits per heavy atom. The molecule has 8 heteroatoms. The first-order valence-corrected chi connectivity index (χ1v) is 10.2. The van der Waals surface area contributed by atoms with Gasteiger partial charge in [-0.3, -0.25) is 4.79 Å². The largest absolute Gasteiger partial charge is 0.477 e. The number of likely N-dealkylation sites (tertiary alicyclic amines) is 1. The standard InChI is InChI=1S/C21H28FN3O4/c22-9-10-23-20(26)17-3-1-16(2-4-17)18-5-6-19(24-13-18)29-14-15-7-11-25(12-8-15)21(27)28/h1,5-6,13,15,17H,2-4,7-12,14H2,(H,23,26)(H,27,28). The lowest BCUT2D eigenvalue weighted by Gasteiger charge is -2.29. The van der Waals surface area contributed by atoms with E-state index in [2.05, 4.69) is 16.4 Å². The van der Waals surface area contributed by atoms with E-state index in [4.69, 9.17) is 9.84 Å². The molecular formula is C21H28FN3O4. The minimum atomic E-state index is -0.856. The monoisotopic (exact) mass is 405 g/mol. The molecule has 2 amide bonds. The third-order valence-electron chi connectivity index (χ3n) is 5.63. The molecule has 29 heavy (non-hydrogen) atoms. The van der Waals surface area contributed by atoms with E-state index in [0.29, 0.717) is 37.9 Å². The van der Waals surface area contributed by atoms with Crippen molar-refractivity contribution >= 4 is 17.6 Å². The number of halogens is 1. The molecule has 158 valence electrons. The zero-order valence-corrected chi connectivity index (χ0v) is 16.5. The molecule has 1 aromatic rings. The van der Waals surface area contributed by atoms with Crippen LogP contribution in [-0.4, -0.2) is 59.9 Å². The molecule has 7 nitrogen and oxygen atoms in total. The maximum atomic E-state index is 12.2. The summed E-state index contributed by atoms with van der Waals surface area (Å²) in [5.74, 6) is 0.741. The van der Waals surface area contributed by atoms with Crippen LogP contribution in [0.15, 0.2) is 24.4 Å². The molecule has 0 radical (unpaired) electrons. The van der Waals surface area contributed by atoms with Gasteiger partial charge in [0.15, 0.2) is 0 Å². The molecule has 3 rings (SSSR count). The molecule has 2 aliphatic rings. The lowest BCUT2D eigenvalue weighted by molar-refractivity contribution is -0.125. The normalized spacial score (nSPS) is 20.1. The Morgan fingerprint density at radius 3 is 2.66 bits per heavy atom. The number of rotatable bonds is 7. The summed E-state index contributed by atoms with van der Waals surface area (Å²) in [6.45, 7) is 1.18. The first-order chi connectivity index (χ1) is 14.1. The summed E-state index contributed by atoms with van der Waals surface area (Å²) in [7, 11) is 0. The number of carbonyl (C=O) groups is 2. The highest BCUT2D eigenvalue weighted by Gasteiger charge is 2.23. The number of aromatic nitrogens is 1. The predicted octanol–water partition coefficient (Wildman–Crippen LogP) is 3.12. The summed E-state index contributed by atoms with van der Waals surface area (Å²) in [6.07, 6.45) is 6.80. The zero-order chi connectivity index (χ0) is 20.6.